The lowest BCUT2D eigenvalue weighted by molar-refractivity contribution is -0.0224. The van der Waals surface area contributed by atoms with Gasteiger partial charge in [0.2, 0.25) is 0 Å². The molecule has 1 amide bonds. The SMILES string of the molecule is CC[C@@H]1CN(C(=O)c2ccc(Cl)s2)CCO1. The number of ether oxygens (including phenoxy) is 1. The van der Waals surface area contributed by atoms with Gasteiger partial charge in [-0.05, 0) is 18.6 Å². The van der Waals surface area contributed by atoms with Crippen molar-refractivity contribution in [3.8, 4) is 0 Å². The molecule has 0 N–H and O–H groups in total. The number of nitrogens with zero attached hydrogens (tertiary/aromatic N) is 1. The second-order valence-electron chi connectivity index (χ2n) is 3.76. The van der Waals surface area contributed by atoms with Crippen LogP contribution in [0.3, 0.4) is 0 Å². The summed E-state index contributed by atoms with van der Waals surface area (Å²) in [5.74, 6) is 0.0682. The Bertz CT molecular complexity index is 380. The highest BCUT2D eigenvalue weighted by Gasteiger charge is 2.24. The van der Waals surface area contributed by atoms with Crippen LogP contribution >= 0.6 is 22.9 Å². The van der Waals surface area contributed by atoms with Gasteiger partial charge in [0.05, 0.1) is 21.9 Å². The van der Waals surface area contributed by atoms with E-state index in [0.717, 1.165) is 6.42 Å². The van der Waals surface area contributed by atoms with Crippen LogP contribution in [0.5, 0.6) is 0 Å². The predicted octanol–water partition coefficient (Wildman–Crippen LogP) is 2.65. The standard InChI is InChI=1S/C11H14ClNO2S/c1-2-8-7-13(5-6-15-8)11(14)9-3-4-10(12)16-9/h3-4,8H,2,5-7H2,1H3/t8-/m1/s1. The normalized spacial score (nSPS) is 21.1. The molecule has 0 aliphatic carbocycles. The molecule has 0 aromatic carbocycles. The largest absolute Gasteiger partial charge is 0.375 e. The highest BCUT2D eigenvalue weighted by atomic mass is 35.5. The van der Waals surface area contributed by atoms with Crippen LogP contribution in [0.4, 0.5) is 0 Å². The number of carbonyl (C=O) groups excluding carboxylic acids is 1. The Morgan fingerprint density at radius 1 is 1.69 bits per heavy atom. The molecule has 2 heterocycles. The summed E-state index contributed by atoms with van der Waals surface area (Å²) < 4.78 is 6.19. The summed E-state index contributed by atoms with van der Waals surface area (Å²) in [5.41, 5.74) is 0. The lowest BCUT2D eigenvalue weighted by Gasteiger charge is -2.32. The van der Waals surface area contributed by atoms with Crippen molar-refractivity contribution in [2.75, 3.05) is 19.7 Å². The van der Waals surface area contributed by atoms with E-state index in [0.29, 0.717) is 28.9 Å². The fraction of sp³-hybridized carbons (Fsp3) is 0.545. The number of rotatable bonds is 2. The Labute approximate surface area is 104 Å². The number of amides is 1. The fourth-order valence-electron chi connectivity index (χ4n) is 1.74. The summed E-state index contributed by atoms with van der Waals surface area (Å²) in [4.78, 5) is 14.7. The molecule has 88 valence electrons. The van der Waals surface area contributed by atoms with Crippen LogP contribution in [0, 0.1) is 0 Å². The van der Waals surface area contributed by atoms with Gasteiger partial charge in [0.25, 0.3) is 5.91 Å². The number of hydrogen-bond acceptors (Lipinski definition) is 3. The third kappa shape index (κ3) is 2.56. The number of hydrogen-bond donors (Lipinski definition) is 0. The highest BCUT2D eigenvalue weighted by Crippen LogP contribution is 2.23. The van der Waals surface area contributed by atoms with E-state index >= 15 is 0 Å². The topological polar surface area (TPSA) is 29.5 Å². The lowest BCUT2D eigenvalue weighted by Crippen LogP contribution is -2.45. The number of halogens is 1. The fourth-order valence-corrected chi connectivity index (χ4v) is 2.75. The number of thiophene rings is 1. The zero-order valence-electron chi connectivity index (χ0n) is 9.11. The maximum atomic E-state index is 12.1. The first kappa shape index (κ1) is 11.9. The van der Waals surface area contributed by atoms with Crippen molar-refractivity contribution in [2.24, 2.45) is 0 Å². The van der Waals surface area contributed by atoms with Gasteiger partial charge in [0.15, 0.2) is 0 Å². The summed E-state index contributed by atoms with van der Waals surface area (Å²) in [7, 11) is 0. The van der Waals surface area contributed by atoms with Crippen LogP contribution in [-0.4, -0.2) is 36.6 Å². The first-order valence-corrected chi connectivity index (χ1v) is 6.56. The molecule has 0 bridgehead atoms. The minimum Gasteiger partial charge on any atom is -0.375 e. The maximum Gasteiger partial charge on any atom is 0.264 e. The Morgan fingerprint density at radius 2 is 2.50 bits per heavy atom. The molecule has 1 aliphatic heterocycles. The molecule has 0 spiro atoms. The molecule has 3 nitrogen and oxygen atoms in total. The average molecular weight is 260 g/mol. The maximum absolute atomic E-state index is 12.1. The molecule has 2 rings (SSSR count). The molecule has 5 heteroatoms. The van der Waals surface area contributed by atoms with Gasteiger partial charge in [0, 0.05) is 13.1 Å². The molecule has 1 atom stereocenters. The van der Waals surface area contributed by atoms with E-state index in [1.54, 1.807) is 12.1 Å². The van der Waals surface area contributed by atoms with Crippen LogP contribution in [0.15, 0.2) is 12.1 Å². The second kappa shape index (κ2) is 5.17. The highest BCUT2D eigenvalue weighted by molar-refractivity contribution is 7.17. The molecular formula is C11H14ClNO2S. The lowest BCUT2D eigenvalue weighted by atomic mass is 10.2. The molecule has 0 unspecified atom stereocenters. The van der Waals surface area contributed by atoms with Gasteiger partial charge in [-0.25, -0.2) is 0 Å². The van der Waals surface area contributed by atoms with E-state index in [9.17, 15) is 4.79 Å². The first-order valence-electron chi connectivity index (χ1n) is 5.37. The summed E-state index contributed by atoms with van der Waals surface area (Å²) in [5, 5.41) is 0. The summed E-state index contributed by atoms with van der Waals surface area (Å²) in [6.07, 6.45) is 1.11. The van der Waals surface area contributed by atoms with Gasteiger partial charge >= 0.3 is 0 Å². The number of morpholine rings is 1. The Hall–Kier alpha value is -0.580. The van der Waals surface area contributed by atoms with E-state index < -0.39 is 0 Å². The summed E-state index contributed by atoms with van der Waals surface area (Å²) >= 11 is 7.15. The molecular weight excluding hydrogens is 246 g/mol. The van der Waals surface area contributed by atoms with Gasteiger partial charge in [-0.1, -0.05) is 18.5 Å². The van der Waals surface area contributed by atoms with Crippen molar-refractivity contribution in [1.82, 2.24) is 4.90 Å². The van der Waals surface area contributed by atoms with E-state index in [1.807, 2.05) is 4.90 Å². The second-order valence-corrected chi connectivity index (χ2v) is 5.47. The van der Waals surface area contributed by atoms with Crippen molar-refractivity contribution in [2.45, 2.75) is 19.4 Å². The van der Waals surface area contributed by atoms with Gasteiger partial charge in [-0.15, -0.1) is 11.3 Å². The first-order chi connectivity index (χ1) is 7.70. The van der Waals surface area contributed by atoms with Crippen LogP contribution in [0.25, 0.3) is 0 Å². The summed E-state index contributed by atoms with van der Waals surface area (Å²) in [6, 6.07) is 3.54. The van der Waals surface area contributed by atoms with Crippen LogP contribution in [-0.2, 0) is 4.74 Å². The number of carbonyl (C=O) groups is 1. The Kier molecular flexibility index (Phi) is 3.84. The third-order valence-corrected chi connectivity index (χ3v) is 3.88. The van der Waals surface area contributed by atoms with Crippen molar-refractivity contribution >= 4 is 28.8 Å². The Balaban J connectivity index is 2.04. The molecule has 1 fully saturated rings. The molecule has 1 aromatic rings. The minimum absolute atomic E-state index is 0.0682. The third-order valence-electron chi connectivity index (χ3n) is 2.67. The van der Waals surface area contributed by atoms with Crippen LogP contribution < -0.4 is 0 Å². The van der Waals surface area contributed by atoms with E-state index in [2.05, 4.69) is 6.92 Å². The van der Waals surface area contributed by atoms with Crippen molar-refractivity contribution in [3.05, 3.63) is 21.3 Å². The minimum atomic E-state index is 0.0682. The van der Waals surface area contributed by atoms with Crippen LogP contribution in [0.1, 0.15) is 23.0 Å². The predicted molar refractivity (Wildman–Crippen MR) is 65.3 cm³/mol. The molecule has 1 aliphatic rings. The zero-order chi connectivity index (χ0) is 11.5. The molecule has 0 radical (unpaired) electrons. The van der Waals surface area contributed by atoms with E-state index in [1.165, 1.54) is 11.3 Å². The smallest absolute Gasteiger partial charge is 0.264 e. The van der Waals surface area contributed by atoms with Gasteiger partial charge in [-0.2, -0.15) is 0 Å². The molecule has 1 saturated heterocycles. The monoisotopic (exact) mass is 259 g/mol. The molecule has 16 heavy (non-hydrogen) atoms. The van der Waals surface area contributed by atoms with Gasteiger partial charge < -0.3 is 9.64 Å². The average Bonchev–Trinajstić information content (AvgIpc) is 2.75. The van der Waals surface area contributed by atoms with Crippen molar-refractivity contribution < 1.29 is 9.53 Å². The zero-order valence-corrected chi connectivity index (χ0v) is 10.7. The van der Waals surface area contributed by atoms with Crippen molar-refractivity contribution in [3.63, 3.8) is 0 Å². The Morgan fingerprint density at radius 3 is 3.12 bits per heavy atom. The van der Waals surface area contributed by atoms with Gasteiger partial charge in [0.1, 0.15) is 0 Å². The van der Waals surface area contributed by atoms with Crippen molar-refractivity contribution in [1.29, 1.82) is 0 Å². The van der Waals surface area contributed by atoms with Crippen LogP contribution in [0.2, 0.25) is 4.34 Å². The quantitative estimate of drug-likeness (QED) is 0.817. The summed E-state index contributed by atoms with van der Waals surface area (Å²) in [6.45, 7) is 4.06. The van der Waals surface area contributed by atoms with E-state index in [-0.39, 0.29) is 12.0 Å². The molecule has 1 aromatic heterocycles. The van der Waals surface area contributed by atoms with Gasteiger partial charge in [-0.3, -0.25) is 4.79 Å². The molecule has 0 saturated carbocycles. The van der Waals surface area contributed by atoms with E-state index in [4.69, 9.17) is 16.3 Å².